The van der Waals surface area contributed by atoms with Gasteiger partial charge < -0.3 is 15.4 Å². The molecule has 4 heteroatoms. The van der Waals surface area contributed by atoms with E-state index < -0.39 is 0 Å². The fourth-order valence-electron chi connectivity index (χ4n) is 2.49. The van der Waals surface area contributed by atoms with Crippen LogP contribution in [0, 0.1) is 0 Å². The third kappa shape index (κ3) is 5.78. The zero-order valence-corrected chi connectivity index (χ0v) is 14.6. The molecule has 0 aromatic heterocycles. The number of hydrogen-bond donors (Lipinski definition) is 2. The molecule has 0 aliphatic heterocycles. The Morgan fingerprint density at radius 1 is 1.18 bits per heavy atom. The molecule has 0 radical (unpaired) electrons. The molecule has 0 bridgehead atoms. The maximum Gasteiger partial charge on any atom is 0.279 e. The number of ether oxygens (including phenoxy) is 1. The number of nitrogens with one attached hydrogen (secondary N) is 1. The van der Waals surface area contributed by atoms with Crippen molar-refractivity contribution in [2.45, 2.75) is 46.0 Å². The van der Waals surface area contributed by atoms with E-state index in [1.165, 1.54) is 11.1 Å². The Hall–Kier alpha value is -1.39. The molecule has 0 atom stereocenters. The minimum absolute atomic E-state index is 0.0624. The van der Waals surface area contributed by atoms with Crippen molar-refractivity contribution in [2.24, 2.45) is 0 Å². The van der Waals surface area contributed by atoms with Gasteiger partial charge in [-0.2, -0.15) is 0 Å². The summed E-state index contributed by atoms with van der Waals surface area (Å²) in [6, 6.07) is 6.29. The van der Waals surface area contributed by atoms with E-state index in [0.717, 1.165) is 25.3 Å². The molecule has 0 unspecified atom stereocenters. The topological polar surface area (TPSA) is 54.9 Å². The van der Waals surface area contributed by atoms with E-state index in [1.807, 2.05) is 5.32 Å². The fourth-order valence-corrected chi connectivity index (χ4v) is 2.49. The summed E-state index contributed by atoms with van der Waals surface area (Å²) in [5.74, 6) is 0.840. The summed E-state index contributed by atoms with van der Waals surface area (Å²) >= 11 is 0. The zero-order valence-electron chi connectivity index (χ0n) is 14.6. The van der Waals surface area contributed by atoms with Crippen LogP contribution in [0.15, 0.2) is 18.2 Å². The Balaban J connectivity index is 2.72. The second kappa shape index (κ2) is 9.59. The lowest BCUT2D eigenvalue weighted by molar-refractivity contribution is -0.644. The molecule has 0 spiro atoms. The summed E-state index contributed by atoms with van der Waals surface area (Å²) < 4.78 is 5.01. The van der Waals surface area contributed by atoms with Gasteiger partial charge in [0.15, 0.2) is 6.54 Å². The predicted molar refractivity (Wildman–Crippen MR) is 91.4 cm³/mol. The van der Waals surface area contributed by atoms with Crippen molar-refractivity contribution in [3.05, 3.63) is 29.3 Å². The molecule has 0 saturated heterocycles. The summed E-state index contributed by atoms with van der Waals surface area (Å²) in [4.78, 5) is 12.2. The van der Waals surface area contributed by atoms with Gasteiger partial charge in [-0.15, -0.1) is 0 Å². The number of quaternary nitrogens is 1. The molecule has 1 aromatic rings. The van der Waals surface area contributed by atoms with Crippen LogP contribution in [0.3, 0.4) is 0 Å². The van der Waals surface area contributed by atoms with Crippen LogP contribution in [0.2, 0.25) is 0 Å². The molecule has 1 amide bonds. The molecule has 1 aromatic carbocycles. The van der Waals surface area contributed by atoms with Crippen LogP contribution in [0.4, 0.5) is 5.69 Å². The lowest BCUT2D eigenvalue weighted by Gasteiger charge is -2.19. The average molecular weight is 307 g/mol. The third-order valence-electron chi connectivity index (χ3n) is 3.72. The van der Waals surface area contributed by atoms with Crippen molar-refractivity contribution in [3.8, 4) is 0 Å². The van der Waals surface area contributed by atoms with E-state index in [9.17, 15) is 4.79 Å². The molecule has 0 saturated carbocycles. The zero-order chi connectivity index (χ0) is 16.5. The summed E-state index contributed by atoms with van der Waals surface area (Å²) in [6.45, 7) is 10.7. The highest BCUT2D eigenvalue weighted by Gasteiger charge is 2.16. The smallest absolute Gasteiger partial charge is 0.279 e. The van der Waals surface area contributed by atoms with Crippen molar-refractivity contribution in [1.82, 2.24) is 0 Å². The van der Waals surface area contributed by atoms with E-state index in [-0.39, 0.29) is 5.91 Å². The molecular weight excluding hydrogens is 276 g/mol. The average Bonchev–Trinajstić information content (AvgIpc) is 2.46. The van der Waals surface area contributed by atoms with Gasteiger partial charge in [0.05, 0.1) is 13.2 Å². The first kappa shape index (κ1) is 18.7. The number of methoxy groups -OCH3 is 1. The molecule has 3 N–H and O–H groups in total. The first-order valence-electron chi connectivity index (χ1n) is 8.20. The molecule has 0 aliphatic carbocycles. The molecule has 0 aliphatic rings. The standard InChI is InChI=1S/C18H30N2O2/c1-13(2)15-8-6-9-16(14(3)4)18(15)20-17(21)12-19-10-7-11-22-5/h6,8-9,13-14,19H,7,10-12H2,1-5H3,(H,20,21)/p+1. The summed E-state index contributed by atoms with van der Waals surface area (Å²) in [6.07, 6.45) is 0.962. The molecule has 22 heavy (non-hydrogen) atoms. The number of nitrogens with two attached hydrogens (primary N) is 1. The Bertz CT molecular complexity index is 444. The van der Waals surface area contributed by atoms with Crippen molar-refractivity contribution in [1.29, 1.82) is 0 Å². The summed E-state index contributed by atoms with van der Waals surface area (Å²) in [5.41, 5.74) is 3.42. The number of benzene rings is 1. The predicted octanol–water partition coefficient (Wildman–Crippen LogP) is 2.47. The van der Waals surface area contributed by atoms with Gasteiger partial charge in [0, 0.05) is 19.2 Å². The maximum absolute atomic E-state index is 12.2. The molecule has 0 fully saturated rings. The van der Waals surface area contributed by atoms with E-state index in [1.54, 1.807) is 7.11 Å². The van der Waals surface area contributed by atoms with E-state index in [0.29, 0.717) is 18.4 Å². The molecule has 0 heterocycles. The Kier molecular flexibility index (Phi) is 8.13. The van der Waals surface area contributed by atoms with Crippen LogP contribution < -0.4 is 10.6 Å². The van der Waals surface area contributed by atoms with Gasteiger partial charge >= 0.3 is 0 Å². The maximum atomic E-state index is 12.2. The van der Waals surface area contributed by atoms with Gasteiger partial charge in [0.1, 0.15) is 0 Å². The highest BCUT2D eigenvalue weighted by molar-refractivity contribution is 5.93. The van der Waals surface area contributed by atoms with Gasteiger partial charge in [-0.05, 0) is 23.0 Å². The number of amides is 1. The largest absolute Gasteiger partial charge is 0.384 e. The molecule has 4 nitrogen and oxygen atoms in total. The Morgan fingerprint density at radius 2 is 1.77 bits per heavy atom. The monoisotopic (exact) mass is 307 g/mol. The second-order valence-electron chi connectivity index (χ2n) is 6.30. The van der Waals surface area contributed by atoms with Crippen molar-refractivity contribution in [2.75, 3.05) is 32.1 Å². The normalized spacial score (nSPS) is 11.2. The highest BCUT2D eigenvalue weighted by Crippen LogP contribution is 2.32. The van der Waals surface area contributed by atoms with Crippen molar-refractivity contribution in [3.63, 3.8) is 0 Å². The van der Waals surface area contributed by atoms with E-state index in [4.69, 9.17) is 4.74 Å². The van der Waals surface area contributed by atoms with Gasteiger partial charge in [-0.3, -0.25) is 4.79 Å². The fraction of sp³-hybridized carbons (Fsp3) is 0.611. The van der Waals surface area contributed by atoms with Crippen LogP contribution in [0.5, 0.6) is 0 Å². The van der Waals surface area contributed by atoms with Crippen LogP contribution in [-0.2, 0) is 9.53 Å². The minimum Gasteiger partial charge on any atom is -0.384 e. The van der Waals surface area contributed by atoms with Crippen LogP contribution in [0.1, 0.15) is 57.1 Å². The molecule has 124 valence electrons. The van der Waals surface area contributed by atoms with Gasteiger partial charge in [0.2, 0.25) is 0 Å². The first-order chi connectivity index (χ1) is 10.5. The summed E-state index contributed by atoms with van der Waals surface area (Å²) in [5, 5.41) is 5.16. The number of anilines is 1. The van der Waals surface area contributed by atoms with Gasteiger partial charge in [0.25, 0.3) is 5.91 Å². The number of carbonyl (C=O) groups excluding carboxylic acids is 1. The quantitative estimate of drug-likeness (QED) is 0.689. The Morgan fingerprint density at radius 3 is 2.27 bits per heavy atom. The van der Waals surface area contributed by atoms with Crippen molar-refractivity contribution < 1.29 is 14.8 Å². The second-order valence-corrected chi connectivity index (χ2v) is 6.30. The number of para-hydroxylation sites is 1. The van der Waals surface area contributed by atoms with Gasteiger partial charge in [-0.25, -0.2) is 0 Å². The van der Waals surface area contributed by atoms with Crippen LogP contribution in [0.25, 0.3) is 0 Å². The first-order valence-corrected chi connectivity index (χ1v) is 8.20. The van der Waals surface area contributed by atoms with Gasteiger partial charge in [-0.1, -0.05) is 45.9 Å². The van der Waals surface area contributed by atoms with E-state index in [2.05, 4.69) is 51.2 Å². The Labute approximate surface area is 134 Å². The molecule has 1 rings (SSSR count). The summed E-state index contributed by atoms with van der Waals surface area (Å²) in [7, 11) is 1.70. The number of carbonyl (C=O) groups is 1. The number of hydrogen-bond acceptors (Lipinski definition) is 2. The lowest BCUT2D eigenvalue weighted by Crippen LogP contribution is -2.86. The number of rotatable bonds is 9. The van der Waals surface area contributed by atoms with Crippen LogP contribution >= 0.6 is 0 Å². The van der Waals surface area contributed by atoms with Crippen molar-refractivity contribution >= 4 is 11.6 Å². The highest BCUT2D eigenvalue weighted by atomic mass is 16.5. The third-order valence-corrected chi connectivity index (χ3v) is 3.72. The molecular formula is C18H31N2O2+. The lowest BCUT2D eigenvalue weighted by atomic mass is 9.92. The van der Waals surface area contributed by atoms with Crippen LogP contribution in [-0.4, -0.2) is 32.7 Å². The minimum atomic E-state index is 0.0624. The van der Waals surface area contributed by atoms with E-state index >= 15 is 0 Å². The SMILES string of the molecule is COCCC[NH2+]CC(=O)Nc1c(C(C)C)cccc1C(C)C.